The highest BCUT2D eigenvalue weighted by Gasteiger charge is 2.36. The SMILES string of the molecule is CC1(C)Nc2c(F)ccc(C(F)F)c2CC1=O. The van der Waals surface area contributed by atoms with Gasteiger partial charge in [-0.1, -0.05) is 6.07 Å². The lowest BCUT2D eigenvalue weighted by Crippen LogP contribution is -2.45. The van der Waals surface area contributed by atoms with E-state index in [0.29, 0.717) is 0 Å². The number of ketones is 1. The molecule has 0 saturated heterocycles. The quantitative estimate of drug-likeness (QED) is 0.821. The molecule has 0 aliphatic carbocycles. The predicted molar refractivity (Wildman–Crippen MR) is 57.8 cm³/mol. The number of rotatable bonds is 1. The molecule has 0 aromatic heterocycles. The third-order valence-electron chi connectivity index (χ3n) is 3.01. The van der Waals surface area contributed by atoms with Gasteiger partial charge in [0.1, 0.15) is 5.82 Å². The van der Waals surface area contributed by atoms with E-state index in [1.54, 1.807) is 13.8 Å². The van der Waals surface area contributed by atoms with E-state index in [1.165, 1.54) is 0 Å². The van der Waals surface area contributed by atoms with Crippen molar-refractivity contribution in [3.8, 4) is 0 Å². The summed E-state index contributed by atoms with van der Waals surface area (Å²) in [6, 6.07) is 2.03. The van der Waals surface area contributed by atoms with Gasteiger partial charge in [0.25, 0.3) is 6.43 Å². The minimum absolute atomic E-state index is 0.0207. The number of carbonyl (C=O) groups excluding carboxylic acids is 1. The summed E-state index contributed by atoms with van der Waals surface area (Å²) < 4.78 is 39.1. The van der Waals surface area contributed by atoms with Crippen LogP contribution >= 0.6 is 0 Å². The summed E-state index contributed by atoms with van der Waals surface area (Å²) in [7, 11) is 0. The highest BCUT2D eigenvalue weighted by atomic mass is 19.3. The van der Waals surface area contributed by atoms with Gasteiger partial charge in [-0.2, -0.15) is 0 Å². The molecular formula is C12H12F3NO. The molecule has 0 radical (unpaired) electrons. The molecule has 17 heavy (non-hydrogen) atoms. The van der Waals surface area contributed by atoms with Gasteiger partial charge in [0, 0.05) is 12.0 Å². The maximum atomic E-state index is 13.6. The van der Waals surface area contributed by atoms with Gasteiger partial charge in [-0.15, -0.1) is 0 Å². The maximum Gasteiger partial charge on any atom is 0.264 e. The van der Waals surface area contributed by atoms with Crippen LogP contribution in [-0.4, -0.2) is 11.3 Å². The number of benzene rings is 1. The van der Waals surface area contributed by atoms with Gasteiger partial charge in [-0.3, -0.25) is 4.79 Å². The van der Waals surface area contributed by atoms with E-state index >= 15 is 0 Å². The fourth-order valence-electron chi connectivity index (χ4n) is 1.93. The van der Waals surface area contributed by atoms with Crippen LogP contribution in [0.25, 0.3) is 0 Å². The normalized spacial score (nSPS) is 17.9. The lowest BCUT2D eigenvalue weighted by atomic mass is 9.86. The van der Waals surface area contributed by atoms with Crippen molar-refractivity contribution in [2.24, 2.45) is 0 Å². The molecule has 1 aromatic carbocycles. The number of hydrogen-bond donors (Lipinski definition) is 1. The minimum atomic E-state index is -2.71. The fourth-order valence-corrected chi connectivity index (χ4v) is 1.93. The average Bonchev–Trinajstić information content (AvgIpc) is 2.21. The standard InChI is InChI=1S/C12H12F3NO/c1-12(2)9(17)5-7-6(11(14)15)3-4-8(13)10(7)16-12/h3-4,11,16H,5H2,1-2H3. The van der Waals surface area contributed by atoms with E-state index in [2.05, 4.69) is 5.32 Å². The summed E-state index contributed by atoms with van der Waals surface area (Å²) >= 11 is 0. The van der Waals surface area contributed by atoms with Crippen LogP contribution in [0.15, 0.2) is 12.1 Å². The second-order valence-electron chi connectivity index (χ2n) is 4.64. The summed E-state index contributed by atoms with van der Waals surface area (Å²) in [5.41, 5.74) is -1.11. The van der Waals surface area contributed by atoms with Gasteiger partial charge in [0.05, 0.1) is 11.2 Å². The van der Waals surface area contributed by atoms with Crippen LogP contribution in [0.2, 0.25) is 0 Å². The van der Waals surface area contributed by atoms with Crippen molar-refractivity contribution in [3.63, 3.8) is 0 Å². The minimum Gasteiger partial charge on any atom is -0.371 e. The topological polar surface area (TPSA) is 29.1 Å². The first-order valence-electron chi connectivity index (χ1n) is 5.24. The highest BCUT2D eigenvalue weighted by Crippen LogP contribution is 2.36. The second-order valence-corrected chi connectivity index (χ2v) is 4.64. The lowest BCUT2D eigenvalue weighted by Gasteiger charge is -2.33. The molecule has 5 heteroatoms. The van der Waals surface area contributed by atoms with Gasteiger partial charge in [-0.05, 0) is 25.5 Å². The van der Waals surface area contributed by atoms with E-state index in [1.807, 2.05) is 0 Å². The molecule has 0 fully saturated rings. The lowest BCUT2D eigenvalue weighted by molar-refractivity contribution is -0.122. The molecule has 0 saturated carbocycles. The maximum absolute atomic E-state index is 13.6. The average molecular weight is 243 g/mol. The zero-order chi connectivity index (χ0) is 12.8. The molecule has 1 aromatic rings. The Morgan fingerprint density at radius 2 is 2.00 bits per heavy atom. The predicted octanol–water partition coefficient (Wildman–Crippen LogP) is 3.08. The molecule has 0 atom stereocenters. The van der Waals surface area contributed by atoms with Crippen molar-refractivity contribution in [2.45, 2.75) is 32.2 Å². The molecule has 1 aliphatic heterocycles. The molecule has 0 amide bonds. The van der Waals surface area contributed by atoms with Gasteiger partial charge in [-0.25, -0.2) is 13.2 Å². The molecule has 0 unspecified atom stereocenters. The van der Waals surface area contributed by atoms with E-state index in [4.69, 9.17) is 0 Å². The first-order valence-corrected chi connectivity index (χ1v) is 5.24. The molecule has 1 heterocycles. The van der Waals surface area contributed by atoms with Gasteiger partial charge in [0.15, 0.2) is 5.78 Å². The Morgan fingerprint density at radius 1 is 1.35 bits per heavy atom. The Hall–Kier alpha value is -1.52. The molecule has 0 bridgehead atoms. The summed E-state index contributed by atoms with van der Waals surface area (Å²) in [4.78, 5) is 11.7. The van der Waals surface area contributed by atoms with E-state index in [0.717, 1.165) is 12.1 Å². The summed E-state index contributed by atoms with van der Waals surface area (Å²) in [5, 5.41) is 2.69. The van der Waals surface area contributed by atoms with Crippen LogP contribution in [0.5, 0.6) is 0 Å². The molecule has 1 N–H and O–H groups in total. The van der Waals surface area contributed by atoms with E-state index < -0.39 is 17.8 Å². The van der Waals surface area contributed by atoms with Crippen molar-refractivity contribution in [3.05, 3.63) is 29.1 Å². The molecule has 2 nitrogen and oxygen atoms in total. The molecule has 92 valence electrons. The number of Topliss-reactive ketones (excluding diaryl/α,β-unsaturated/α-hetero) is 1. The first kappa shape index (κ1) is 12.0. The number of fused-ring (bicyclic) bond motifs is 1. The number of nitrogens with one attached hydrogen (secondary N) is 1. The zero-order valence-electron chi connectivity index (χ0n) is 9.48. The van der Waals surface area contributed by atoms with Crippen molar-refractivity contribution in [2.75, 3.05) is 5.32 Å². The number of alkyl halides is 2. The molecular weight excluding hydrogens is 231 g/mol. The Balaban J connectivity index is 2.59. The Kier molecular flexibility index (Phi) is 2.64. The first-order chi connectivity index (χ1) is 7.83. The Bertz CT molecular complexity index is 483. The number of halogens is 3. The zero-order valence-corrected chi connectivity index (χ0v) is 9.48. The number of carbonyl (C=O) groups is 1. The smallest absolute Gasteiger partial charge is 0.264 e. The monoisotopic (exact) mass is 243 g/mol. The van der Waals surface area contributed by atoms with Gasteiger partial charge >= 0.3 is 0 Å². The van der Waals surface area contributed by atoms with Crippen molar-refractivity contribution in [1.29, 1.82) is 0 Å². The summed E-state index contributed by atoms with van der Waals surface area (Å²) in [6.07, 6.45) is -2.87. The fraction of sp³-hybridized carbons (Fsp3) is 0.417. The number of hydrogen-bond acceptors (Lipinski definition) is 2. The Morgan fingerprint density at radius 3 is 2.59 bits per heavy atom. The Labute approximate surface area is 96.8 Å². The van der Waals surface area contributed by atoms with Crippen LogP contribution in [0, 0.1) is 5.82 Å². The molecule has 0 spiro atoms. The molecule has 2 rings (SSSR count). The van der Waals surface area contributed by atoms with Crippen molar-refractivity contribution in [1.82, 2.24) is 0 Å². The highest BCUT2D eigenvalue weighted by molar-refractivity contribution is 5.96. The van der Waals surface area contributed by atoms with Gasteiger partial charge < -0.3 is 5.32 Å². The third kappa shape index (κ3) is 1.90. The van der Waals surface area contributed by atoms with Crippen LogP contribution in [0.4, 0.5) is 18.9 Å². The van der Waals surface area contributed by atoms with Crippen LogP contribution < -0.4 is 5.32 Å². The largest absolute Gasteiger partial charge is 0.371 e. The van der Waals surface area contributed by atoms with Crippen molar-refractivity contribution >= 4 is 11.5 Å². The van der Waals surface area contributed by atoms with Crippen LogP contribution in [-0.2, 0) is 11.2 Å². The molecule has 1 aliphatic rings. The summed E-state index contributed by atoms with van der Waals surface area (Å²) in [6.45, 7) is 3.21. The van der Waals surface area contributed by atoms with Gasteiger partial charge in [0.2, 0.25) is 0 Å². The third-order valence-corrected chi connectivity index (χ3v) is 3.01. The summed E-state index contributed by atoms with van der Waals surface area (Å²) in [5.74, 6) is -0.831. The van der Waals surface area contributed by atoms with Crippen LogP contribution in [0.1, 0.15) is 31.4 Å². The van der Waals surface area contributed by atoms with E-state index in [-0.39, 0.29) is 29.0 Å². The van der Waals surface area contributed by atoms with E-state index in [9.17, 15) is 18.0 Å². The second kappa shape index (κ2) is 3.75. The number of anilines is 1. The van der Waals surface area contributed by atoms with Crippen LogP contribution in [0.3, 0.4) is 0 Å². The van der Waals surface area contributed by atoms with Crippen molar-refractivity contribution < 1.29 is 18.0 Å².